The lowest BCUT2D eigenvalue weighted by Gasteiger charge is -2.34. The van der Waals surface area contributed by atoms with Gasteiger partial charge in [0.1, 0.15) is 6.61 Å². The Labute approximate surface area is 200 Å². The second-order valence-electron chi connectivity index (χ2n) is 9.28. The number of alkyl carbamates (subject to hydrolysis) is 1. The Balaban J connectivity index is 1.34. The molecule has 2 amide bonds. The summed E-state index contributed by atoms with van der Waals surface area (Å²) in [6.45, 7) is 0.619. The fourth-order valence-electron chi connectivity index (χ4n) is 4.91. The largest absolute Gasteiger partial charge is 0.481 e. The van der Waals surface area contributed by atoms with Gasteiger partial charge in [-0.1, -0.05) is 55.0 Å². The third kappa shape index (κ3) is 5.41. The summed E-state index contributed by atoms with van der Waals surface area (Å²) in [7, 11) is 1.68. The summed E-state index contributed by atoms with van der Waals surface area (Å²) in [4.78, 5) is 37.7. The average Bonchev–Trinajstić information content (AvgIpc) is 3.10. The van der Waals surface area contributed by atoms with Gasteiger partial charge in [-0.25, -0.2) is 4.79 Å². The van der Waals surface area contributed by atoms with Crippen LogP contribution in [0.4, 0.5) is 4.79 Å². The highest BCUT2D eigenvalue weighted by molar-refractivity contribution is 5.79. The summed E-state index contributed by atoms with van der Waals surface area (Å²) in [6, 6.07) is 16.1. The number of hydrogen-bond acceptors (Lipinski definition) is 4. The topological polar surface area (TPSA) is 95.9 Å². The first-order valence-corrected chi connectivity index (χ1v) is 12.0. The molecule has 2 aromatic rings. The van der Waals surface area contributed by atoms with E-state index in [2.05, 4.69) is 29.6 Å². The number of ether oxygens (including phenoxy) is 1. The van der Waals surface area contributed by atoms with Crippen LogP contribution in [0.25, 0.3) is 11.1 Å². The van der Waals surface area contributed by atoms with E-state index in [9.17, 15) is 14.4 Å². The van der Waals surface area contributed by atoms with E-state index in [0.29, 0.717) is 13.0 Å². The van der Waals surface area contributed by atoms with Crippen LogP contribution in [0.1, 0.15) is 55.6 Å². The van der Waals surface area contributed by atoms with Crippen molar-refractivity contribution in [2.75, 3.05) is 20.2 Å². The lowest BCUT2D eigenvalue weighted by atomic mass is 9.78. The SMILES string of the molecule is CN(CCCC(=O)O)C(=O)CC(NC(=O)OCC1c2ccccc2-c2ccccc21)C1CCC1. The molecular weight excluding hydrogens is 432 g/mol. The molecule has 0 radical (unpaired) electrons. The number of carbonyl (C=O) groups excluding carboxylic acids is 2. The van der Waals surface area contributed by atoms with E-state index in [1.54, 1.807) is 11.9 Å². The molecule has 2 N–H and O–H groups in total. The molecule has 1 saturated carbocycles. The van der Waals surface area contributed by atoms with Crippen LogP contribution >= 0.6 is 0 Å². The quantitative estimate of drug-likeness (QED) is 0.543. The molecule has 1 atom stereocenters. The summed E-state index contributed by atoms with van der Waals surface area (Å²) in [6.07, 6.45) is 3.18. The van der Waals surface area contributed by atoms with Gasteiger partial charge in [-0.3, -0.25) is 9.59 Å². The number of rotatable bonds is 10. The third-order valence-corrected chi connectivity index (χ3v) is 7.07. The number of benzene rings is 2. The van der Waals surface area contributed by atoms with Crippen molar-refractivity contribution in [3.05, 3.63) is 59.7 Å². The Morgan fingerprint density at radius 2 is 1.68 bits per heavy atom. The van der Waals surface area contributed by atoms with Crippen LogP contribution in [0.2, 0.25) is 0 Å². The molecule has 0 bridgehead atoms. The predicted molar refractivity (Wildman–Crippen MR) is 128 cm³/mol. The Bertz CT molecular complexity index is 1000. The summed E-state index contributed by atoms with van der Waals surface area (Å²) in [5.74, 6) is -0.717. The fourth-order valence-corrected chi connectivity index (χ4v) is 4.91. The first-order chi connectivity index (χ1) is 16.4. The number of carboxylic acid groups (broad SMARTS) is 1. The van der Waals surface area contributed by atoms with Crippen LogP contribution in [-0.4, -0.2) is 54.2 Å². The van der Waals surface area contributed by atoms with Crippen LogP contribution in [-0.2, 0) is 14.3 Å². The maximum atomic E-state index is 12.8. The van der Waals surface area contributed by atoms with E-state index in [4.69, 9.17) is 9.84 Å². The van der Waals surface area contributed by atoms with Gasteiger partial charge in [-0.2, -0.15) is 0 Å². The molecule has 4 rings (SSSR count). The molecule has 180 valence electrons. The van der Waals surface area contributed by atoms with Crippen LogP contribution < -0.4 is 5.32 Å². The van der Waals surface area contributed by atoms with Crippen molar-refractivity contribution in [3.8, 4) is 11.1 Å². The Kier molecular flexibility index (Phi) is 7.50. The molecule has 2 aliphatic rings. The number of aliphatic carboxylic acids is 1. The van der Waals surface area contributed by atoms with Crippen LogP contribution in [0, 0.1) is 5.92 Å². The first kappa shape index (κ1) is 23.8. The van der Waals surface area contributed by atoms with Gasteiger partial charge < -0.3 is 20.1 Å². The molecule has 0 heterocycles. The van der Waals surface area contributed by atoms with E-state index in [0.717, 1.165) is 30.4 Å². The number of nitrogens with one attached hydrogen (secondary N) is 1. The second-order valence-corrected chi connectivity index (χ2v) is 9.28. The van der Waals surface area contributed by atoms with Gasteiger partial charge in [0.15, 0.2) is 0 Å². The van der Waals surface area contributed by atoms with E-state index in [1.165, 1.54) is 11.1 Å². The molecule has 0 aliphatic heterocycles. The van der Waals surface area contributed by atoms with Crippen LogP contribution in [0.3, 0.4) is 0 Å². The minimum absolute atomic E-state index is 0.0118. The normalized spacial score (nSPS) is 15.6. The zero-order valence-electron chi connectivity index (χ0n) is 19.5. The highest BCUT2D eigenvalue weighted by atomic mass is 16.5. The van der Waals surface area contributed by atoms with Gasteiger partial charge in [0.2, 0.25) is 5.91 Å². The monoisotopic (exact) mass is 464 g/mol. The highest BCUT2D eigenvalue weighted by Crippen LogP contribution is 2.44. The lowest BCUT2D eigenvalue weighted by molar-refractivity contribution is -0.138. The highest BCUT2D eigenvalue weighted by Gasteiger charge is 2.33. The third-order valence-electron chi connectivity index (χ3n) is 7.07. The molecular formula is C27H32N2O5. The summed E-state index contributed by atoms with van der Waals surface area (Å²) >= 11 is 0. The van der Waals surface area contributed by atoms with Crippen LogP contribution in [0.5, 0.6) is 0 Å². The van der Waals surface area contributed by atoms with E-state index in [-0.39, 0.29) is 43.2 Å². The van der Waals surface area contributed by atoms with Gasteiger partial charge >= 0.3 is 12.1 Å². The van der Waals surface area contributed by atoms with Crippen molar-refractivity contribution < 1.29 is 24.2 Å². The second kappa shape index (κ2) is 10.7. The van der Waals surface area contributed by atoms with Gasteiger partial charge in [-0.05, 0) is 47.4 Å². The van der Waals surface area contributed by atoms with E-state index >= 15 is 0 Å². The number of fused-ring (bicyclic) bond motifs is 3. The van der Waals surface area contributed by atoms with Gasteiger partial charge in [-0.15, -0.1) is 0 Å². The van der Waals surface area contributed by atoms with E-state index in [1.807, 2.05) is 24.3 Å². The zero-order chi connectivity index (χ0) is 24.1. The molecule has 7 heteroatoms. The minimum Gasteiger partial charge on any atom is -0.481 e. The molecule has 1 unspecified atom stereocenters. The van der Waals surface area contributed by atoms with Crippen molar-refractivity contribution >= 4 is 18.0 Å². The fraction of sp³-hybridized carbons (Fsp3) is 0.444. The van der Waals surface area contributed by atoms with Gasteiger partial charge in [0.05, 0.1) is 0 Å². The summed E-state index contributed by atoms with van der Waals surface area (Å²) in [5, 5.41) is 11.7. The van der Waals surface area contributed by atoms with Gasteiger partial charge in [0.25, 0.3) is 0 Å². The van der Waals surface area contributed by atoms with Crippen molar-refractivity contribution in [1.29, 1.82) is 0 Å². The molecule has 0 spiro atoms. The zero-order valence-corrected chi connectivity index (χ0v) is 19.5. The smallest absolute Gasteiger partial charge is 0.407 e. The predicted octanol–water partition coefficient (Wildman–Crippen LogP) is 4.41. The number of carbonyl (C=O) groups is 3. The van der Waals surface area contributed by atoms with E-state index < -0.39 is 12.1 Å². The standard InChI is InChI=1S/C27H32N2O5/c1-29(15-7-14-26(31)32)25(30)16-24(18-8-6-9-18)28-27(33)34-17-23-21-12-4-2-10-19(21)20-11-3-5-13-22(20)23/h2-5,10-13,18,23-24H,6-9,14-17H2,1H3,(H,28,33)(H,31,32). The Morgan fingerprint density at radius 3 is 2.24 bits per heavy atom. The maximum Gasteiger partial charge on any atom is 0.407 e. The van der Waals surface area contributed by atoms with Crippen molar-refractivity contribution in [1.82, 2.24) is 10.2 Å². The first-order valence-electron chi connectivity index (χ1n) is 12.0. The number of amides is 2. The van der Waals surface area contributed by atoms with Crippen LogP contribution in [0.15, 0.2) is 48.5 Å². The van der Waals surface area contributed by atoms with Crippen molar-refractivity contribution in [2.24, 2.45) is 5.92 Å². The average molecular weight is 465 g/mol. The molecule has 2 aliphatic carbocycles. The van der Waals surface area contributed by atoms with Crippen molar-refractivity contribution in [2.45, 2.75) is 50.5 Å². The number of nitrogens with zero attached hydrogens (tertiary/aromatic N) is 1. The summed E-state index contributed by atoms with van der Waals surface area (Å²) < 4.78 is 5.68. The molecule has 7 nitrogen and oxygen atoms in total. The Hall–Kier alpha value is -3.35. The Morgan fingerprint density at radius 1 is 1.06 bits per heavy atom. The molecule has 1 fully saturated rings. The lowest BCUT2D eigenvalue weighted by Crippen LogP contribution is -2.46. The van der Waals surface area contributed by atoms with Crippen molar-refractivity contribution in [3.63, 3.8) is 0 Å². The minimum atomic E-state index is -0.870. The number of carboxylic acids is 1. The molecule has 0 aromatic heterocycles. The summed E-state index contributed by atoms with van der Waals surface area (Å²) in [5.41, 5.74) is 4.67. The molecule has 2 aromatic carbocycles. The van der Waals surface area contributed by atoms with Gasteiger partial charge in [0, 0.05) is 38.4 Å². The molecule has 0 saturated heterocycles. The number of hydrogen-bond donors (Lipinski definition) is 2. The molecule has 34 heavy (non-hydrogen) atoms. The maximum absolute atomic E-state index is 12.8.